The van der Waals surface area contributed by atoms with E-state index in [-0.39, 0.29) is 18.4 Å². The highest BCUT2D eigenvalue weighted by atomic mass is 16.5. The molecular formula is C24H30N2O5. The van der Waals surface area contributed by atoms with Crippen LogP contribution in [0.15, 0.2) is 42.5 Å². The first-order chi connectivity index (χ1) is 14.7. The molecule has 0 aliphatic carbocycles. The summed E-state index contributed by atoms with van der Waals surface area (Å²) in [4.78, 5) is 27.9. The molecule has 1 N–H and O–H groups in total. The fourth-order valence-corrected chi connectivity index (χ4v) is 3.63. The molecule has 0 bridgehead atoms. The van der Waals surface area contributed by atoms with Crippen LogP contribution in [0.3, 0.4) is 0 Å². The summed E-state index contributed by atoms with van der Waals surface area (Å²) >= 11 is 0. The Morgan fingerprint density at radius 2 is 1.84 bits per heavy atom. The third-order valence-electron chi connectivity index (χ3n) is 5.03. The Bertz CT molecular complexity index is 951. The molecule has 3 rings (SSSR count). The number of carbonyl (C=O) groups excluding carboxylic acids is 2. The van der Waals surface area contributed by atoms with Crippen LogP contribution < -0.4 is 19.5 Å². The minimum Gasteiger partial charge on any atom is -0.493 e. The van der Waals surface area contributed by atoms with Crippen molar-refractivity contribution in [3.63, 3.8) is 0 Å². The van der Waals surface area contributed by atoms with Crippen molar-refractivity contribution >= 4 is 11.8 Å². The van der Waals surface area contributed by atoms with Crippen LogP contribution in [-0.2, 0) is 16.0 Å². The maximum Gasteiger partial charge on any atom is 0.261 e. The summed E-state index contributed by atoms with van der Waals surface area (Å²) in [6.45, 7) is 6.00. The Morgan fingerprint density at radius 1 is 1.13 bits per heavy atom. The van der Waals surface area contributed by atoms with Gasteiger partial charge in [0.25, 0.3) is 5.91 Å². The number of fused-ring (bicyclic) bond motifs is 1. The topological polar surface area (TPSA) is 77.1 Å². The number of para-hydroxylation sites is 1. The van der Waals surface area contributed by atoms with Crippen LogP contribution in [0.4, 0.5) is 0 Å². The Hall–Kier alpha value is -3.22. The lowest BCUT2D eigenvalue weighted by Crippen LogP contribution is -2.49. The number of ether oxygens (including phenoxy) is 3. The first kappa shape index (κ1) is 22.5. The monoisotopic (exact) mass is 426 g/mol. The van der Waals surface area contributed by atoms with Gasteiger partial charge in [0.2, 0.25) is 5.91 Å². The van der Waals surface area contributed by atoms with Crippen LogP contribution in [0.2, 0.25) is 0 Å². The maximum absolute atomic E-state index is 13.3. The summed E-state index contributed by atoms with van der Waals surface area (Å²) in [7, 11) is 3.17. The fourth-order valence-electron chi connectivity index (χ4n) is 3.63. The second-order valence-corrected chi connectivity index (χ2v) is 8.49. The zero-order chi connectivity index (χ0) is 22.6. The number of hydrogen-bond donors (Lipinski definition) is 1. The quantitative estimate of drug-likeness (QED) is 0.768. The van der Waals surface area contributed by atoms with E-state index in [4.69, 9.17) is 14.2 Å². The molecule has 2 aromatic rings. The molecule has 1 heterocycles. The first-order valence-corrected chi connectivity index (χ1v) is 10.3. The van der Waals surface area contributed by atoms with Crippen molar-refractivity contribution in [2.45, 2.75) is 38.8 Å². The molecule has 31 heavy (non-hydrogen) atoms. The highest BCUT2D eigenvalue weighted by molar-refractivity contribution is 5.91. The molecule has 1 aliphatic heterocycles. The van der Waals surface area contributed by atoms with Gasteiger partial charge in [0.15, 0.2) is 18.1 Å². The molecular weight excluding hydrogens is 396 g/mol. The van der Waals surface area contributed by atoms with Gasteiger partial charge in [-0.2, -0.15) is 0 Å². The molecule has 0 radical (unpaired) electrons. The predicted octanol–water partition coefficient (Wildman–Crippen LogP) is 3.12. The van der Waals surface area contributed by atoms with Gasteiger partial charge in [-0.1, -0.05) is 24.3 Å². The number of hydrogen-bond acceptors (Lipinski definition) is 5. The van der Waals surface area contributed by atoms with E-state index in [1.807, 2.05) is 57.2 Å². The maximum atomic E-state index is 13.3. The molecule has 1 unspecified atom stereocenters. The molecule has 0 saturated heterocycles. The van der Waals surface area contributed by atoms with Crippen LogP contribution in [0.1, 0.15) is 37.9 Å². The Balaban J connectivity index is 1.91. The van der Waals surface area contributed by atoms with Crippen molar-refractivity contribution < 1.29 is 23.8 Å². The molecule has 7 heteroatoms. The normalized spacial score (nSPS) is 16.1. The van der Waals surface area contributed by atoms with Gasteiger partial charge in [-0.25, -0.2) is 0 Å². The third kappa shape index (κ3) is 5.29. The van der Waals surface area contributed by atoms with Crippen molar-refractivity contribution in [1.29, 1.82) is 0 Å². The van der Waals surface area contributed by atoms with Crippen molar-refractivity contribution in [3.05, 3.63) is 53.6 Å². The van der Waals surface area contributed by atoms with E-state index in [1.54, 1.807) is 25.2 Å². The average Bonchev–Trinajstić information content (AvgIpc) is 2.87. The zero-order valence-electron chi connectivity index (χ0n) is 18.7. The largest absolute Gasteiger partial charge is 0.493 e. The zero-order valence-corrected chi connectivity index (χ0v) is 18.7. The van der Waals surface area contributed by atoms with E-state index >= 15 is 0 Å². The van der Waals surface area contributed by atoms with Gasteiger partial charge in [-0.15, -0.1) is 0 Å². The van der Waals surface area contributed by atoms with E-state index < -0.39 is 11.6 Å². The first-order valence-electron chi connectivity index (χ1n) is 10.3. The summed E-state index contributed by atoms with van der Waals surface area (Å²) in [5.41, 5.74) is 1.22. The number of rotatable bonds is 6. The lowest BCUT2D eigenvalue weighted by Gasteiger charge is -2.32. The van der Waals surface area contributed by atoms with Gasteiger partial charge < -0.3 is 24.4 Å². The van der Waals surface area contributed by atoms with Gasteiger partial charge in [0.05, 0.1) is 14.2 Å². The molecule has 0 aromatic heterocycles. The summed E-state index contributed by atoms with van der Waals surface area (Å²) < 4.78 is 16.4. The van der Waals surface area contributed by atoms with Crippen molar-refractivity contribution in [2.24, 2.45) is 0 Å². The molecule has 0 fully saturated rings. The van der Waals surface area contributed by atoms with Gasteiger partial charge in [0.1, 0.15) is 11.8 Å². The number of carbonyl (C=O) groups is 2. The highest BCUT2D eigenvalue weighted by Gasteiger charge is 2.37. The lowest BCUT2D eigenvalue weighted by molar-refractivity contribution is -0.141. The second-order valence-electron chi connectivity index (χ2n) is 8.49. The van der Waals surface area contributed by atoms with E-state index in [9.17, 15) is 9.59 Å². The summed E-state index contributed by atoms with van der Waals surface area (Å²) in [5, 5.41) is 3.01. The number of benzene rings is 2. The molecule has 0 spiro atoms. The van der Waals surface area contributed by atoms with Crippen LogP contribution in [0.25, 0.3) is 0 Å². The van der Waals surface area contributed by atoms with E-state index in [0.29, 0.717) is 35.8 Å². The van der Waals surface area contributed by atoms with E-state index in [1.165, 1.54) is 0 Å². The van der Waals surface area contributed by atoms with E-state index in [0.717, 1.165) is 5.56 Å². The summed E-state index contributed by atoms with van der Waals surface area (Å²) in [5.74, 6) is 1.36. The Kier molecular flexibility index (Phi) is 6.73. The standard InChI is InChI=1S/C24H30N2O5/c1-24(2,3)25-23(28)22-17-8-6-7-9-18(17)31-15-21(27)26(22)13-12-16-10-11-19(29-4)20(14-16)30-5/h6-11,14,22H,12-13,15H2,1-5H3,(H,25,28). The second kappa shape index (κ2) is 9.29. The number of amides is 2. The smallest absolute Gasteiger partial charge is 0.261 e. The van der Waals surface area contributed by atoms with Crippen molar-refractivity contribution in [2.75, 3.05) is 27.4 Å². The Labute approximate surface area is 183 Å². The summed E-state index contributed by atoms with van der Waals surface area (Å²) in [6.07, 6.45) is 0.549. The average molecular weight is 427 g/mol. The predicted molar refractivity (Wildman–Crippen MR) is 118 cm³/mol. The van der Waals surface area contributed by atoms with Crippen molar-refractivity contribution in [1.82, 2.24) is 10.2 Å². The van der Waals surface area contributed by atoms with Gasteiger partial charge in [0, 0.05) is 17.6 Å². The molecule has 2 aromatic carbocycles. The number of nitrogens with one attached hydrogen (secondary N) is 1. The molecule has 7 nitrogen and oxygen atoms in total. The number of nitrogens with zero attached hydrogens (tertiary/aromatic N) is 1. The van der Waals surface area contributed by atoms with Crippen LogP contribution in [0.5, 0.6) is 17.2 Å². The SMILES string of the molecule is COc1ccc(CCN2C(=O)COc3ccccc3C2C(=O)NC(C)(C)C)cc1OC. The minimum absolute atomic E-state index is 0.109. The van der Waals surface area contributed by atoms with E-state index in [2.05, 4.69) is 5.32 Å². The van der Waals surface area contributed by atoms with Gasteiger partial charge in [-0.3, -0.25) is 9.59 Å². The van der Waals surface area contributed by atoms with Crippen LogP contribution >= 0.6 is 0 Å². The molecule has 166 valence electrons. The van der Waals surface area contributed by atoms with Gasteiger partial charge >= 0.3 is 0 Å². The van der Waals surface area contributed by atoms with Crippen LogP contribution in [0, 0.1) is 0 Å². The Morgan fingerprint density at radius 3 is 2.52 bits per heavy atom. The minimum atomic E-state index is -0.773. The molecule has 1 aliphatic rings. The molecule has 0 saturated carbocycles. The van der Waals surface area contributed by atoms with Gasteiger partial charge in [-0.05, 0) is 51.0 Å². The third-order valence-corrected chi connectivity index (χ3v) is 5.03. The molecule has 1 atom stereocenters. The highest BCUT2D eigenvalue weighted by Crippen LogP contribution is 2.34. The van der Waals surface area contributed by atoms with Crippen molar-refractivity contribution in [3.8, 4) is 17.2 Å². The summed E-state index contributed by atoms with van der Waals surface area (Å²) in [6, 6.07) is 12.2. The molecule has 2 amide bonds. The lowest BCUT2D eigenvalue weighted by atomic mass is 10.0. The number of methoxy groups -OCH3 is 2. The fraction of sp³-hybridized carbons (Fsp3) is 0.417. The van der Waals surface area contributed by atoms with Crippen LogP contribution in [-0.4, -0.2) is 49.6 Å².